The number of anilines is 1. The molecular formula is C11H17N5O. The number of nitrogens with one attached hydrogen (secondary N) is 1. The average molecular weight is 235 g/mol. The molecular weight excluding hydrogens is 218 g/mol. The standard InChI is InChI=1S/C11H17N5O/c1-17-9-4-14-11-13-3-6-16(11)8-7-15-5-2-12-10-15/h2-3,5-6,10H,4,7-9H2,1H3,(H,13,14). The van der Waals surface area contributed by atoms with Crippen LogP contribution in [0.5, 0.6) is 0 Å². The molecule has 0 aliphatic rings. The van der Waals surface area contributed by atoms with Crippen LogP contribution in [0.3, 0.4) is 0 Å². The summed E-state index contributed by atoms with van der Waals surface area (Å²) in [5.74, 6) is 0.877. The summed E-state index contributed by atoms with van der Waals surface area (Å²) in [6.07, 6.45) is 9.31. The zero-order chi connectivity index (χ0) is 11.9. The molecule has 0 bridgehead atoms. The summed E-state index contributed by atoms with van der Waals surface area (Å²) in [4.78, 5) is 8.27. The van der Waals surface area contributed by atoms with E-state index >= 15 is 0 Å². The van der Waals surface area contributed by atoms with Crippen LogP contribution in [-0.2, 0) is 17.8 Å². The Morgan fingerprint density at radius 2 is 2.24 bits per heavy atom. The number of ether oxygens (including phenoxy) is 1. The highest BCUT2D eigenvalue weighted by Crippen LogP contribution is 2.04. The summed E-state index contributed by atoms with van der Waals surface area (Å²) in [7, 11) is 1.69. The van der Waals surface area contributed by atoms with E-state index in [-0.39, 0.29) is 0 Å². The van der Waals surface area contributed by atoms with Gasteiger partial charge in [-0.1, -0.05) is 0 Å². The fourth-order valence-electron chi connectivity index (χ4n) is 1.56. The molecule has 1 N–H and O–H groups in total. The van der Waals surface area contributed by atoms with Crippen molar-refractivity contribution in [3.05, 3.63) is 31.1 Å². The van der Waals surface area contributed by atoms with Crippen LogP contribution in [-0.4, -0.2) is 39.4 Å². The van der Waals surface area contributed by atoms with Crippen LogP contribution in [0.4, 0.5) is 5.95 Å². The van der Waals surface area contributed by atoms with Gasteiger partial charge in [0.15, 0.2) is 0 Å². The molecule has 17 heavy (non-hydrogen) atoms. The number of aromatic nitrogens is 4. The van der Waals surface area contributed by atoms with Gasteiger partial charge in [0.25, 0.3) is 0 Å². The third kappa shape index (κ3) is 3.32. The molecule has 2 aromatic heterocycles. The van der Waals surface area contributed by atoms with Gasteiger partial charge in [-0.05, 0) is 0 Å². The van der Waals surface area contributed by atoms with Gasteiger partial charge in [0.2, 0.25) is 5.95 Å². The van der Waals surface area contributed by atoms with Gasteiger partial charge in [-0.25, -0.2) is 9.97 Å². The summed E-state index contributed by atoms with van der Waals surface area (Å²) in [6.45, 7) is 3.19. The maximum absolute atomic E-state index is 4.99. The molecule has 0 aliphatic heterocycles. The molecule has 0 saturated carbocycles. The second-order valence-electron chi connectivity index (χ2n) is 3.66. The summed E-state index contributed by atoms with van der Waals surface area (Å²) in [5.41, 5.74) is 0. The largest absolute Gasteiger partial charge is 0.383 e. The minimum Gasteiger partial charge on any atom is -0.383 e. The van der Waals surface area contributed by atoms with Crippen molar-refractivity contribution < 1.29 is 4.74 Å². The number of aryl methyl sites for hydroxylation is 2. The lowest BCUT2D eigenvalue weighted by Crippen LogP contribution is -2.14. The summed E-state index contributed by atoms with van der Waals surface area (Å²) in [6, 6.07) is 0. The Hall–Kier alpha value is -1.82. The van der Waals surface area contributed by atoms with Crippen molar-refractivity contribution in [1.29, 1.82) is 0 Å². The fourth-order valence-corrected chi connectivity index (χ4v) is 1.56. The Balaban J connectivity index is 1.85. The monoisotopic (exact) mass is 235 g/mol. The smallest absolute Gasteiger partial charge is 0.202 e. The minimum atomic E-state index is 0.675. The van der Waals surface area contributed by atoms with E-state index in [1.54, 1.807) is 19.5 Å². The van der Waals surface area contributed by atoms with E-state index in [2.05, 4.69) is 19.9 Å². The molecule has 0 saturated heterocycles. The Labute approximate surface area is 100 Å². The van der Waals surface area contributed by atoms with E-state index in [9.17, 15) is 0 Å². The van der Waals surface area contributed by atoms with E-state index in [4.69, 9.17) is 4.74 Å². The Kier molecular flexibility index (Phi) is 4.15. The second-order valence-corrected chi connectivity index (χ2v) is 3.66. The van der Waals surface area contributed by atoms with Gasteiger partial charge in [-0.3, -0.25) is 0 Å². The van der Waals surface area contributed by atoms with Gasteiger partial charge >= 0.3 is 0 Å². The molecule has 0 fully saturated rings. The quantitative estimate of drug-likeness (QED) is 0.722. The van der Waals surface area contributed by atoms with Crippen LogP contribution in [0.2, 0.25) is 0 Å². The second kappa shape index (κ2) is 6.05. The van der Waals surface area contributed by atoms with Gasteiger partial charge in [0.05, 0.1) is 12.9 Å². The van der Waals surface area contributed by atoms with Crippen molar-refractivity contribution in [2.24, 2.45) is 0 Å². The lowest BCUT2D eigenvalue weighted by molar-refractivity contribution is 0.210. The van der Waals surface area contributed by atoms with Crippen LogP contribution in [0, 0.1) is 0 Å². The Morgan fingerprint density at radius 1 is 1.29 bits per heavy atom. The molecule has 0 atom stereocenters. The lowest BCUT2D eigenvalue weighted by atomic mass is 10.6. The summed E-state index contributed by atoms with van der Waals surface area (Å²) >= 11 is 0. The molecule has 6 heteroatoms. The highest BCUT2D eigenvalue weighted by molar-refractivity contribution is 5.25. The number of methoxy groups -OCH3 is 1. The molecule has 6 nitrogen and oxygen atoms in total. The molecule has 2 aromatic rings. The Bertz CT molecular complexity index is 423. The van der Waals surface area contributed by atoms with Crippen molar-refractivity contribution >= 4 is 5.95 Å². The summed E-state index contributed by atoms with van der Waals surface area (Å²) in [5, 5.41) is 3.23. The first-order chi connectivity index (χ1) is 8.40. The van der Waals surface area contributed by atoms with Crippen LogP contribution in [0.25, 0.3) is 0 Å². The van der Waals surface area contributed by atoms with Gasteiger partial charge < -0.3 is 19.2 Å². The van der Waals surface area contributed by atoms with Gasteiger partial charge in [0, 0.05) is 51.5 Å². The predicted molar refractivity (Wildman–Crippen MR) is 64.8 cm³/mol. The molecule has 0 aliphatic carbocycles. The fraction of sp³-hybridized carbons (Fsp3) is 0.455. The zero-order valence-corrected chi connectivity index (χ0v) is 9.91. The van der Waals surface area contributed by atoms with Crippen LogP contribution < -0.4 is 5.32 Å². The minimum absolute atomic E-state index is 0.675. The van der Waals surface area contributed by atoms with Crippen molar-refractivity contribution in [2.75, 3.05) is 25.6 Å². The maximum atomic E-state index is 4.99. The van der Waals surface area contributed by atoms with E-state index in [0.717, 1.165) is 25.6 Å². The molecule has 2 heterocycles. The van der Waals surface area contributed by atoms with E-state index in [1.807, 2.05) is 23.3 Å². The molecule has 92 valence electrons. The normalized spacial score (nSPS) is 10.6. The topological polar surface area (TPSA) is 56.9 Å². The number of hydrogen-bond acceptors (Lipinski definition) is 4. The van der Waals surface area contributed by atoms with Crippen molar-refractivity contribution in [1.82, 2.24) is 19.1 Å². The summed E-state index contributed by atoms with van der Waals surface area (Å²) < 4.78 is 9.11. The van der Waals surface area contributed by atoms with E-state index < -0.39 is 0 Å². The third-order valence-electron chi connectivity index (χ3n) is 2.46. The van der Waals surface area contributed by atoms with Crippen LogP contribution >= 0.6 is 0 Å². The van der Waals surface area contributed by atoms with Gasteiger partial charge in [-0.15, -0.1) is 0 Å². The van der Waals surface area contributed by atoms with Crippen LogP contribution in [0.1, 0.15) is 0 Å². The first kappa shape index (κ1) is 11.7. The highest BCUT2D eigenvalue weighted by atomic mass is 16.5. The maximum Gasteiger partial charge on any atom is 0.202 e. The number of imidazole rings is 2. The molecule has 0 aromatic carbocycles. The third-order valence-corrected chi connectivity index (χ3v) is 2.46. The van der Waals surface area contributed by atoms with Crippen LogP contribution in [0.15, 0.2) is 31.1 Å². The van der Waals surface area contributed by atoms with Crippen molar-refractivity contribution in [3.8, 4) is 0 Å². The number of nitrogens with zero attached hydrogens (tertiary/aromatic N) is 4. The van der Waals surface area contributed by atoms with E-state index in [1.165, 1.54) is 0 Å². The predicted octanol–water partition coefficient (Wildman–Crippen LogP) is 0.838. The molecule has 0 radical (unpaired) electrons. The van der Waals surface area contributed by atoms with Gasteiger partial charge in [-0.2, -0.15) is 0 Å². The Morgan fingerprint density at radius 3 is 3.00 bits per heavy atom. The first-order valence-corrected chi connectivity index (χ1v) is 5.60. The SMILES string of the molecule is COCCNc1nccn1CCn1ccnc1. The van der Waals surface area contributed by atoms with Gasteiger partial charge in [0.1, 0.15) is 0 Å². The number of hydrogen-bond donors (Lipinski definition) is 1. The molecule has 0 amide bonds. The molecule has 2 rings (SSSR count). The lowest BCUT2D eigenvalue weighted by Gasteiger charge is -2.09. The van der Waals surface area contributed by atoms with Crippen molar-refractivity contribution in [2.45, 2.75) is 13.1 Å². The average Bonchev–Trinajstić information content (AvgIpc) is 2.97. The molecule has 0 spiro atoms. The molecule has 0 unspecified atom stereocenters. The number of rotatable bonds is 7. The van der Waals surface area contributed by atoms with E-state index in [0.29, 0.717) is 6.61 Å². The van der Waals surface area contributed by atoms with Crippen molar-refractivity contribution in [3.63, 3.8) is 0 Å². The zero-order valence-electron chi connectivity index (χ0n) is 9.91. The highest BCUT2D eigenvalue weighted by Gasteiger charge is 2.01. The first-order valence-electron chi connectivity index (χ1n) is 5.60.